The molecule has 0 aliphatic heterocycles. The van der Waals surface area contributed by atoms with Crippen molar-refractivity contribution in [3.8, 4) is 6.07 Å². The second kappa shape index (κ2) is 4.72. The Balaban J connectivity index is 4.58. The maximum absolute atomic E-state index is 11.3. The molecule has 0 spiro atoms. The minimum atomic E-state index is -3.80. The fourth-order valence-electron chi connectivity index (χ4n) is 0.707. The molecule has 0 aromatic heterocycles. The van der Waals surface area contributed by atoms with E-state index in [4.69, 9.17) is 5.26 Å². The normalized spacial score (nSPS) is 12.7. The van der Waals surface area contributed by atoms with Crippen molar-refractivity contribution in [3.05, 3.63) is 0 Å². The van der Waals surface area contributed by atoms with Crippen LogP contribution in [0.25, 0.3) is 0 Å². The van der Waals surface area contributed by atoms with Gasteiger partial charge in [-0.2, -0.15) is 5.26 Å². The minimum absolute atomic E-state index is 0.00829. The van der Waals surface area contributed by atoms with Crippen molar-refractivity contribution in [2.75, 3.05) is 24.9 Å². The number of rotatable bonds is 5. The van der Waals surface area contributed by atoms with Crippen LogP contribution in [0.3, 0.4) is 0 Å². The molecule has 0 rings (SSSR count). The first-order valence-electron chi connectivity index (χ1n) is 3.68. The van der Waals surface area contributed by atoms with E-state index in [2.05, 4.69) is 0 Å². The minimum Gasteiger partial charge on any atom is -0.228 e. The lowest BCUT2D eigenvalue weighted by Gasteiger charge is -2.14. The van der Waals surface area contributed by atoms with Crippen molar-refractivity contribution in [2.24, 2.45) is 0 Å². The predicted octanol–water partition coefficient (Wildman–Crippen LogP) is -0.836. The summed E-state index contributed by atoms with van der Waals surface area (Å²) in [6.45, 7) is 0.00829. The summed E-state index contributed by atoms with van der Waals surface area (Å²) in [6.07, 6.45) is 0.891. The van der Waals surface area contributed by atoms with E-state index in [-0.39, 0.29) is 13.0 Å². The smallest absolute Gasteiger partial charge is 0.228 e. The summed E-state index contributed by atoms with van der Waals surface area (Å²) < 4.78 is 45.0. The van der Waals surface area contributed by atoms with E-state index in [1.165, 1.54) is 7.05 Å². The zero-order valence-electron chi connectivity index (χ0n) is 7.97. The zero-order chi connectivity index (χ0) is 11.4. The number of sulfonamides is 1. The first-order valence-corrected chi connectivity index (χ1v) is 7.35. The average Bonchev–Trinajstić information content (AvgIpc) is 1.95. The third-order valence-corrected chi connectivity index (χ3v) is 5.41. The Labute approximate surface area is 84.1 Å². The first-order chi connectivity index (χ1) is 6.19. The van der Waals surface area contributed by atoms with E-state index in [1.807, 2.05) is 0 Å². The molecular formula is C6H12N2O4S2. The molecular weight excluding hydrogens is 228 g/mol. The van der Waals surface area contributed by atoms with Crippen LogP contribution in [0.1, 0.15) is 6.42 Å². The summed E-state index contributed by atoms with van der Waals surface area (Å²) in [6, 6.07) is 1.78. The number of hydrogen-bond acceptors (Lipinski definition) is 5. The summed E-state index contributed by atoms with van der Waals surface area (Å²) in [7, 11) is -6.11. The molecule has 8 heteroatoms. The molecule has 0 saturated heterocycles. The average molecular weight is 240 g/mol. The topological polar surface area (TPSA) is 95.3 Å². The van der Waals surface area contributed by atoms with Crippen LogP contribution in [0.2, 0.25) is 0 Å². The summed E-state index contributed by atoms with van der Waals surface area (Å²) in [5.74, 6) is 0. The SMILES string of the molecule is CN(CCC#N)S(=O)(=O)CS(C)(=O)=O. The van der Waals surface area contributed by atoms with Crippen molar-refractivity contribution in [3.63, 3.8) is 0 Å². The second-order valence-corrected chi connectivity index (χ2v) is 7.47. The third-order valence-electron chi connectivity index (χ3n) is 1.38. The first kappa shape index (κ1) is 13.4. The van der Waals surface area contributed by atoms with E-state index in [9.17, 15) is 16.8 Å². The fraction of sp³-hybridized carbons (Fsp3) is 0.833. The van der Waals surface area contributed by atoms with Crippen molar-refractivity contribution < 1.29 is 16.8 Å². The maximum Gasteiger partial charge on any atom is 0.228 e. The Hall–Kier alpha value is -0.650. The van der Waals surface area contributed by atoms with Crippen LogP contribution >= 0.6 is 0 Å². The quantitative estimate of drug-likeness (QED) is 0.624. The highest BCUT2D eigenvalue weighted by molar-refractivity contribution is 8.06. The van der Waals surface area contributed by atoms with Gasteiger partial charge in [-0.05, 0) is 0 Å². The molecule has 0 fully saturated rings. The Morgan fingerprint density at radius 3 is 2.14 bits per heavy atom. The van der Waals surface area contributed by atoms with Crippen LogP contribution in [0.5, 0.6) is 0 Å². The lowest BCUT2D eigenvalue weighted by molar-refractivity contribution is 0.480. The van der Waals surface area contributed by atoms with Crippen LogP contribution in [0, 0.1) is 11.3 Å². The van der Waals surface area contributed by atoms with Crippen LogP contribution < -0.4 is 0 Å². The van der Waals surface area contributed by atoms with Crippen molar-refractivity contribution in [2.45, 2.75) is 6.42 Å². The van der Waals surface area contributed by atoms with Crippen LogP contribution in [-0.2, 0) is 19.9 Å². The van der Waals surface area contributed by atoms with Crippen LogP contribution in [-0.4, -0.2) is 46.1 Å². The van der Waals surface area contributed by atoms with Crippen LogP contribution in [0.4, 0.5) is 0 Å². The molecule has 0 heterocycles. The molecule has 0 radical (unpaired) electrons. The number of nitriles is 1. The Morgan fingerprint density at radius 1 is 1.29 bits per heavy atom. The Kier molecular flexibility index (Phi) is 4.51. The summed E-state index contributed by atoms with van der Waals surface area (Å²) >= 11 is 0. The van der Waals surface area contributed by atoms with Gasteiger partial charge in [-0.25, -0.2) is 21.1 Å². The van der Waals surface area contributed by atoms with Gasteiger partial charge in [0.1, 0.15) is 0 Å². The third kappa shape index (κ3) is 5.16. The van der Waals surface area contributed by atoms with Gasteiger partial charge >= 0.3 is 0 Å². The molecule has 0 aliphatic carbocycles. The molecule has 0 atom stereocenters. The molecule has 0 saturated carbocycles. The highest BCUT2D eigenvalue weighted by atomic mass is 32.3. The largest absolute Gasteiger partial charge is 0.228 e. The Bertz CT molecular complexity index is 417. The molecule has 14 heavy (non-hydrogen) atoms. The second-order valence-electron chi connectivity index (χ2n) is 2.89. The number of nitrogens with zero attached hydrogens (tertiary/aromatic N) is 2. The van der Waals surface area contributed by atoms with Crippen molar-refractivity contribution in [1.82, 2.24) is 4.31 Å². The van der Waals surface area contributed by atoms with Gasteiger partial charge in [0, 0.05) is 26.3 Å². The van der Waals surface area contributed by atoms with Gasteiger partial charge in [0.2, 0.25) is 10.0 Å². The maximum atomic E-state index is 11.3. The fourth-order valence-corrected chi connectivity index (χ4v) is 3.96. The van der Waals surface area contributed by atoms with Gasteiger partial charge in [-0.15, -0.1) is 0 Å². The Morgan fingerprint density at radius 2 is 1.79 bits per heavy atom. The number of sulfone groups is 1. The molecule has 0 aromatic rings. The van der Waals surface area contributed by atoms with Crippen molar-refractivity contribution >= 4 is 19.9 Å². The standard InChI is InChI=1S/C6H12N2O4S2/c1-8(5-3-4-7)14(11,12)6-13(2,9)10/h3,5-6H2,1-2H3. The zero-order valence-corrected chi connectivity index (χ0v) is 9.60. The molecule has 0 N–H and O–H groups in total. The van der Waals surface area contributed by atoms with E-state index < -0.39 is 24.9 Å². The van der Waals surface area contributed by atoms with E-state index in [0.29, 0.717) is 0 Å². The summed E-state index contributed by atoms with van der Waals surface area (Å²) in [5, 5.41) is 7.31. The van der Waals surface area contributed by atoms with E-state index >= 15 is 0 Å². The van der Waals surface area contributed by atoms with Gasteiger partial charge in [-0.1, -0.05) is 0 Å². The number of hydrogen-bond donors (Lipinski definition) is 0. The van der Waals surface area contributed by atoms with Gasteiger partial charge in [0.15, 0.2) is 14.9 Å². The molecule has 0 amide bonds. The summed E-state index contributed by atoms with van der Waals surface area (Å²) in [5.41, 5.74) is 0. The van der Waals surface area contributed by atoms with E-state index in [0.717, 1.165) is 10.6 Å². The molecule has 82 valence electrons. The molecule has 6 nitrogen and oxygen atoms in total. The van der Waals surface area contributed by atoms with Gasteiger partial charge in [0.05, 0.1) is 6.07 Å². The molecule has 0 bridgehead atoms. The van der Waals surface area contributed by atoms with Gasteiger partial charge in [-0.3, -0.25) is 0 Å². The van der Waals surface area contributed by atoms with Crippen LogP contribution in [0.15, 0.2) is 0 Å². The van der Waals surface area contributed by atoms with Gasteiger partial charge < -0.3 is 0 Å². The highest BCUT2D eigenvalue weighted by Gasteiger charge is 2.22. The van der Waals surface area contributed by atoms with Gasteiger partial charge in [0.25, 0.3) is 0 Å². The molecule has 0 aromatic carbocycles. The summed E-state index contributed by atoms with van der Waals surface area (Å²) in [4.78, 5) is 0. The molecule has 0 aliphatic rings. The monoisotopic (exact) mass is 240 g/mol. The van der Waals surface area contributed by atoms with E-state index in [1.54, 1.807) is 6.07 Å². The lowest BCUT2D eigenvalue weighted by atomic mass is 10.5. The lowest BCUT2D eigenvalue weighted by Crippen LogP contribution is -2.32. The highest BCUT2D eigenvalue weighted by Crippen LogP contribution is 2.02. The predicted molar refractivity (Wildman–Crippen MR) is 51.5 cm³/mol. The van der Waals surface area contributed by atoms with Crippen molar-refractivity contribution in [1.29, 1.82) is 5.26 Å². The molecule has 0 unspecified atom stereocenters.